The molecule has 0 unspecified atom stereocenters. The quantitative estimate of drug-likeness (QED) is 0.579. The molecule has 0 spiro atoms. The van der Waals surface area contributed by atoms with Crippen LogP contribution in [0.3, 0.4) is 0 Å². The molecule has 1 nitrogen and oxygen atoms in total. The standard InChI is InChI=1S/C4H9NS.C4H8/c1-3-6-4-2-5-1;1-2-4-3-1/h5H,1-4H2;1-4H2. The fraction of sp³-hybridized carbons (Fsp3) is 1.00. The molecule has 0 aromatic rings. The second-order valence-corrected chi connectivity index (χ2v) is 4.00. The summed E-state index contributed by atoms with van der Waals surface area (Å²) in [6.45, 7) is 2.43. The van der Waals surface area contributed by atoms with Crippen LogP contribution >= 0.6 is 11.8 Å². The van der Waals surface area contributed by atoms with E-state index < -0.39 is 0 Å². The lowest BCUT2D eigenvalue weighted by atomic mass is 10.0. The lowest BCUT2D eigenvalue weighted by Crippen LogP contribution is -2.24. The van der Waals surface area contributed by atoms with Gasteiger partial charge in [-0.05, 0) is 0 Å². The highest BCUT2D eigenvalue weighted by Gasteiger charge is 1.95. The predicted octanol–water partition coefficient (Wildman–Crippen LogP) is 1.88. The van der Waals surface area contributed by atoms with Crippen LogP contribution in [0.4, 0.5) is 0 Å². The highest BCUT2D eigenvalue weighted by Crippen LogP contribution is 2.15. The summed E-state index contributed by atoms with van der Waals surface area (Å²) < 4.78 is 0. The molecule has 1 aliphatic carbocycles. The van der Waals surface area contributed by atoms with E-state index in [0.29, 0.717) is 0 Å². The van der Waals surface area contributed by atoms with Gasteiger partial charge in [0.25, 0.3) is 0 Å². The minimum atomic E-state index is 1.21. The van der Waals surface area contributed by atoms with Crippen molar-refractivity contribution < 1.29 is 0 Å². The zero-order valence-electron chi connectivity index (χ0n) is 6.57. The molecule has 2 fully saturated rings. The SMILES string of the molecule is C1CCC1.C1CSCCN1. The summed E-state index contributed by atoms with van der Waals surface area (Å²) in [5.41, 5.74) is 0. The molecule has 1 saturated heterocycles. The van der Waals surface area contributed by atoms with Crippen LogP contribution < -0.4 is 5.32 Å². The van der Waals surface area contributed by atoms with E-state index in [2.05, 4.69) is 5.32 Å². The van der Waals surface area contributed by atoms with Crippen molar-refractivity contribution in [3.8, 4) is 0 Å². The summed E-state index contributed by atoms with van der Waals surface area (Å²) in [7, 11) is 0. The van der Waals surface area contributed by atoms with Crippen LogP contribution in [-0.2, 0) is 0 Å². The molecule has 1 N–H and O–H groups in total. The molecule has 1 saturated carbocycles. The molecule has 10 heavy (non-hydrogen) atoms. The summed E-state index contributed by atoms with van der Waals surface area (Å²) in [5.74, 6) is 2.61. The molecule has 0 atom stereocenters. The molecule has 1 aliphatic heterocycles. The van der Waals surface area contributed by atoms with E-state index in [1.807, 2.05) is 11.8 Å². The van der Waals surface area contributed by atoms with Crippen LogP contribution in [0.2, 0.25) is 0 Å². The molecule has 0 bridgehead atoms. The Labute approximate surface area is 68.0 Å². The van der Waals surface area contributed by atoms with Gasteiger partial charge in [-0.2, -0.15) is 11.8 Å². The van der Waals surface area contributed by atoms with Crippen molar-refractivity contribution in [3.63, 3.8) is 0 Å². The maximum Gasteiger partial charge on any atom is 0.00585 e. The van der Waals surface area contributed by atoms with Crippen molar-refractivity contribution >= 4 is 11.8 Å². The fourth-order valence-electron chi connectivity index (χ4n) is 0.766. The van der Waals surface area contributed by atoms with Gasteiger partial charge in [0.15, 0.2) is 0 Å². The fourth-order valence-corrected chi connectivity index (χ4v) is 1.55. The Bertz CT molecular complexity index is 52.1. The second-order valence-electron chi connectivity index (χ2n) is 2.78. The van der Waals surface area contributed by atoms with E-state index in [-0.39, 0.29) is 0 Å². The summed E-state index contributed by atoms with van der Waals surface area (Å²) in [4.78, 5) is 0. The molecular weight excluding hydrogens is 142 g/mol. The third kappa shape index (κ3) is 4.18. The number of nitrogens with one attached hydrogen (secondary N) is 1. The van der Waals surface area contributed by atoms with Crippen molar-refractivity contribution in [3.05, 3.63) is 0 Å². The Morgan fingerprint density at radius 3 is 1.40 bits per heavy atom. The van der Waals surface area contributed by atoms with E-state index in [9.17, 15) is 0 Å². The summed E-state index contributed by atoms with van der Waals surface area (Å²) >= 11 is 2.03. The van der Waals surface area contributed by atoms with Crippen LogP contribution in [0.5, 0.6) is 0 Å². The van der Waals surface area contributed by atoms with E-state index >= 15 is 0 Å². The third-order valence-electron chi connectivity index (χ3n) is 1.85. The van der Waals surface area contributed by atoms with Crippen LogP contribution in [-0.4, -0.2) is 24.6 Å². The van der Waals surface area contributed by atoms with E-state index in [1.54, 1.807) is 0 Å². The Hall–Kier alpha value is 0.310. The first-order valence-corrected chi connectivity index (χ1v) is 5.44. The van der Waals surface area contributed by atoms with Crippen molar-refractivity contribution in [2.24, 2.45) is 0 Å². The monoisotopic (exact) mass is 159 g/mol. The lowest BCUT2D eigenvalue weighted by Gasteiger charge is -2.08. The maximum atomic E-state index is 3.26. The van der Waals surface area contributed by atoms with Crippen molar-refractivity contribution in [1.29, 1.82) is 0 Å². The normalized spacial score (nSPS) is 24.0. The first-order chi connectivity index (χ1) is 5.00. The average molecular weight is 159 g/mol. The molecule has 1 heterocycles. The van der Waals surface area contributed by atoms with E-state index in [1.165, 1.54) is 50.3 Å². The number of hydrogen-bond acceptors (Lipinski definition) is 2. The van der Waals surface area contributed by atoms with Crippen molar-refractivity contribution in [2.75, 3.05) is 24.6 Å². The Kier molecular flexibility index (Phi) is 5.08. The second kappa shape index (κ2) is 6.05. The minimum Gasteiger partial charge on any atom is -0.315 e. The van der Waals surface area contributed by atoms with Crippen LogP contribution in [0.15, 0.2) is 0 Å². The van der Waals surface area contributed by atoms with E-state index in [0.717, 1.165) is 0 Å². The number of hydrogen-bond donors (Lipinski definition) is 1. The topological polar surface area (TPSA) is 12.0 Å². The highest BCUT2D eigenvalue weighted by molar-refractivity contribution is 7.99. The maximum absolute atomic E-state index is 3.26. The smallest absolute Gasteiger partial charge is 0.00585 e. The summed E-state index contributed by atoms with van der Waals surface area (Å²) in [5, 5.41) is 3.26. The van der Waals surface area contributed by atoms with Gasteiger partial charge < -0.3 is 5.32 Å². The zero-order chi connectivity index (χ0) is 7.07. The van der Waals surface area contributed by atoms with Crippen LogP contribution in [0, 0.1) is 0 Å². The number of rotatable bonds is 0. The van der Waals surface area contributed by atoms with Crippen molar-refractivity contribution in [2.45, 2.75) is 25.7 Å². The highest BCUT2D eigenvalue weighted by atomic mass is 32.2. The van der Waals surface area contributed by atoms with Crippen molar-refractivity contribution in [1.82, 2.24) is 5.32 Å². The minimum absolute atomic E-state index is 1.21. The lowest BCUT2D eigenvalue weighted by molar-refractivity contribution is 0.504. The number of thioether (sulfide) groups is 1. The molecular formula is C8H17NS. The van der Waals surface area contributed by atoms with Crippen LogP contribution in [0.1, 0.15) is 25.7 Å². The predicted molar refractivity (Wildman–Crippen MR) is 48.7 cm³/mol. The van der Waals surface area contributed by atoms with Gasteiger partial charge in [0.05, 0.1) is 0 Å². The molecule has 0 aromatic heterocycles. The molecule has 60 valence electrons. The first kappa shape index (κ1) is 8.41. The van der Waals surface area contributed by atoms with Crippen LogP contribution in [0.25, 0.3) is 0 Å². The molecule has 2 aliphatic rings. The largest absolute Gasteiger partial charge is 0.315 e. The summed E-state index contributed by atoms with van der Waals surface area (Å²) in [6, 6.07) is 0. The van der Waals surface area contributed by atoms with Gasteiger partial charge in [-0.15, -0.1) is 0 Å². The van der Waals surface area contributed by atoms with Gasteiger partial charge >= 0.3 is 0 Å². The van der Waals surface area contributed by atoms with Gasteiger partial charge in [0, 0.05) is 24.6 Å². The zero-order valence-corrected chi connectivity index (χ0v) is 7.38. The van der Waals surface area contributed by atoms with E-state index in [4.69, 9.17) is 0 Å². The summed E-state index contributed by atoms with van der Waals surface area (Å²) in [6.07, 6.45) is 6.00. The first-order valence-electron chi connectivity index (χ1n) is 4.28. The average Bonchev–Trinajstić information content (AvgIpc) is 1.88. The van der Waals surface area contributed by atoms with Gasteiger partial charge in [-0.3, -0.25) is 0 Å². The Morgan fingerprint density at radius 1 is 0.800 bits per heavy atom. The molecule has 0 amide bonds. The molecule has 2 rings (SSSR count). The molecule has 0 aromatic carbocycles. The Balaban J connectivity index is 0.000000108. The molecule has 2 heteroatoms. The van der Waals surface area contributed by atoms with Gasteiger partial charge in [0.1, 0.15) is 0 Å². The van der Waals surface area contributed by atoms with Gasteiger partial charge in [-0.25, -0.2) is 0 Å². The van der Waals surface area contributed by atoms with Gasteiger partial charge in [-0.1, -0.05) is 25.7 Å². The molecule has 0 radical (unpaired) electrons. The third-order valence-corrected chi connectivity index (χ3v) is 2.83. The van der Waals surface area contributed by atoms with Gasteiger partial charge in [0.2, 0.25) is 0 Å². The Morgan fingerprint density at radius 2 is 1.30 bits per heavy atom.